The molecule has 0 unspecified atom stereocenters. The van der Waals surface area contributed by atoms with Crippen LogP contribution < -0.4 is 0 Å². The first-order valence-corrected chi connectivity index (χ1v) is 6.46. The summed E-state index contributed by atoms with van der Waals surface area (Å²) in [4.78, 5) is 11.9. The fraction of sp³-hybridized carbons (Fsp3) is 0.438. The predicted octanol–water partition coefficient (Wildman–Crippen LogP) is 3.82. The van der Waals surface area contributed by atoms with Crippen molar-refractivity contribution in [3.05, 3.63) is 42.0 Å². The highest BCUT2D eigenvalue weighted by Gasteiger charge is 2.28. The quantitative estimate of drug-likeness (QED) is 0.597. The summed E-state index contributed by atoms with van der Waals surface area (Å²) in [5.74, 6) is 0.285. The Kier molecular flexibility index (Phi) is 3.55. The lowest BCUT2D eigenvalue weighted by Gasteiger charge is -2.18. The molecule has 96 valence electrons. The van der Waals surface area contributed by atoms with E-state index in [0.29, 0.717) is 5.92 Å². The van der Waals surface area contributed by atoms with Crippen LogP contribution in [0.3, 0.4) is 0 Å². The zero-order chi connectivity index (χ0) is 13.2. The summed E-state index contributed by atoms with van der Waals surface area (Å²) in [6.45, 7) is 5.66. The number of carbonyl (C=O) groups is 1. The Balaban J connectivity index is 2.18. The van der Waals surface area contributed by atoms with Crippen molar-refractivity contribution in [2.75, 3.05) is 0 Å². The van der Waals surface area contributed by atoms with Crippen molar-refractivity contribution in [1.29, 1.82) is 0 Å². The lowest BCUT2D eigenvalue weighted by molar-refractivity contribution is -0.148. The van der Waals surface area contributed by atoms with E-state index in [9.17, 15) is 4.79 Å². The molecule has 0 aliphatic heterocycles. The summed E-state index contributed by atoms with van der Waals surface area (Å²) >= 11 is 0. The molecule has 0 heterocycles. The molecule has 0 bridgehead atoms. The van der Waals surface area contributed by atoms with Crippen LogP contribution in [-0.2, 0) is 9.53 Å². The van der Waals surface area contributed by atoms with Crippen LogP contribution in [0.15, 0.2) is 36.4 Å². The first kappa shape index (κ1) is 12.9. The van der Waals surface area contributed by atoms with Crippen molar-refractivity contribution in [2.24, 2.45) is 5.92 Å². The van der Waals surface area contributed by atoms with Crippen molar-refractivity contribution in [3.63, 3.8) is 0 Å². The van der Waals surface area contributed by atoms with Gasteiger partial charge in [0.15, 0.2) is 0 Å². The molecule has 0 N–H and O–H groups in total. The average molecular weight is 244 g/mol. The minimum Gasteiger partial charge on any atom is -0.457 e. The maximum absolute atomic E-state index is 11.9. The standard InChI is InChI=1S/C16H20O2/c1-16(2,3)18-15(17)11-14(13-9-10-13)12-7-5-4-6-8-12/h4-8,11,13H,9-10H2,1-3H3/b14-11-. The molecule has 1 aliphatic rings. The maximum atomic E-state index is 11.9. The normalized spacial score (nSPS) is 16.5. The molecule has 1 aromatic carbocycles. The molecule has 0 amide bonds. The maximum Gasteiger partial charge on any atom is 0.331 e. The molecule has 1 aliphatic carbocycles. The van der Waals surface area contributed by atoms with Gasteiger partial charge in [-0.2, -0.15) is 0 Å². The van der Waals surface area contributed by atoms with E-state index in [1.807, 2.05) is 39.0 Å². The number of allylic oxidation sites excluding steroid dienone is 1. The summed E-state index contributed by atoms with van der Waals surface area (Å²) in [5, 5.41) is 0. The largest absolute Gasteiger partial charge is 0.457 e. The van der Waals surface area contributed by atoms with Gasteiger partial charge in [0.2, 0.25) is 0 Å². The molecule has 2 heteroatoms. The van der Waals surface area contributed by atoms with Crippen LogP contribution in [0.25, 0.3) is 5.57 Å². The second-order valence-corrected chi connectivity index (χ2v) is 5.77. The third-order valence-corrected chi connectivity index (χ3v) is 2.80. The number of hydrogen-bond acceptors (Lipinski definition) is 2. The van der Waals surface area contributed by atoms with E-state index < -0.39 is 5.60 Å². The number of esters is 1. The van der Waals surface area contributed by atoms with E-state index in [0.717, 1.165) is 11.1 Å². The van der Waals surface area contributed by atoms with Gasteiger partial charge >= 0.3 is 5.97 Å². The summed E-state index contributed by atoms with van der Waals surface area (Å²) in [5.41, 5.74) is 1.81. The smallest absolute Gasteiger partial charge is 0.331 e. The Morgan fingerprint density at radius 2 is 1.83 bits per heavy atom. The highest BCUT2D eigenvalue weighted by molar-refractivity contribution is 5.92. The number of carbonyl (C=O) groups excluding carboxylic acids is 1. The predicted molar refractivity (Wildman–Crippen MR) is 73.0 cm³/mol. The second-order valence-electron chi connectivity index (χ2n) is 5.77. The fourth-order valence-electron chi connectivity index (χ4n) is 1.92. The monoisotopic (exact) mass is 244 g/mol. The van der Waals surface area contributed by atoms with Gasteiger partial charge in [-0.1, -0.05) is 30.3 Å². The molecule has 0 spiro atoms. The topological polar surface area (TPSA) is 26.3 Å². The Labute approximate surface area is 109 Å². The van der Waals surface area contributed by atoms with Gasteiger partial charge in [-0.25, -0.2) is 4.79 Å². The van der Waals surface area contributed by atoms with Crippen molar-refractivity contribution in [2.45, 2.75) is 39.2 Å². The van der Waals surface area contributed by atoms with Gasteiger partial charge < -0.3 is 4.74 Å². The van der Waals surface area contributed by atoms with Crippen LogP contribution in [0, 0.1) is 5.92 Å². The first-order chi connectivity index (χ1) is 8.46. The van der Waals surface area contributed by atoms with Gasteiger partial charge in [0, 0.05) is 6.08 Å². The molecule has 2 nitrogen and oxygen atoms in total. The van der Waals surface area contributed by atoms with Crippen LogP contribution in [0.4, 0.5) is 0 Å². The summed E-state index contributed by atoms with van der Waals surface area (Å²) in [7, 11) is 0. The minimum absolute atomic E-state index is 0.242. The molecule has 0 saturated heterocycles. The van der Waals surface area contributed by atoms with E-state index in [1.165, 1.54) is 12.8 Å². The van der Waals surface area contributed by atoms with Gasteiger partial charge in [0.25, 0.3) is 0 Å². The molecule has 0 aromatic heterocycles. The highest BCUT2D eigenvalue weighted by atomic mass is 16.6. The Hall–Kier alpha value is -1.57. The zero-order valence-corrected chi connectivity index (χ0v) is 11.3. The van der Waals surface area contributed by atoms with E-state index in [2.05, 4.69) is 12.1 Å². The van der Waals surface area contributed by atoms with Crippen molar-refractivity contribution < 1.29 is 9.53 Å². The van der Waals surface area contributed by atoms with E-state index in [1.54, 1.807) is 6.08 Å². The van der Waals surface area contributed by atoms with Crippen LogP contribution in [0.2, 0.25) is 0 Å². The summed E-state index contributed by atoms with van der Waals surface area (Å²) in [6.07, 6.45) is 4.01. The van der Waals surface area contributed by atoms with Crippen molar-refractivity contribution in [1.82, 2.24) is 0 Å². The zero-order valence-electron chi connectivity index (χ0n) is 11.3. The lowest BCUT2D eigenvalue weighted by Crippen LogP contribution is -2.22. The third-order valence-electron chi connectivity index (χ3n) is 2.80. The third kappa shape index (κ3) is 3.73. The molecule has 2 rings (SSSR count). The second kappa shape index (κ2) is 4.97. The number of hydrogen-bond donors (Lipinski definition) is 0. The van der Waals surface area contributed by atoms with Crippen molar-refractivity contribution >= 4 is 11.5 Å². The molecule has 0 atom stereocenters. The van der Waals surface area contributed by atoms with E-state index in [-0.39, 0.29) is 5.97 Å². The van der Waals surface area contributed by atoms with Crippen LogP contribution in [0.5, 0.6) is 0 Å². The fourth-order valence-corrected chi connectivity index (χ4v) is 1.92. The molecular weight excluding hydrogens is 224 g/mol. The average Bonchev–Trinajstić information content (AvgIpc) is 3.08. The van der Waals surface area contributed by atoms with Gasteiger partial charge in [-0.15, -0.1) is 0 Å². The van der Waals surface area contributed by atoms with Crippen LogP contribution in [0.1, 0.15) is 39.2 Å². The lowest BCUT2D eigenvalue weighted by atomic mass is 10.0. The van der Waals surface area contributed by atoms with Gasteiger partial charge in [0.1, 0.15) is 5.60 Å². The summed E-state index contributed by atoms with van der Waals surface area (Å²) < 4.78 is 5.35. The molecule has 0 radical (unpaired) electrons. The number of rotatable bonds is 3. The molecule has 1 aromatic rings. The number of ether oxygens (including phenoxy) is 1. The van der Waals surface area contributed by atoms with Gasteiger partial charge in [-0.3, -0.25) is 0 Å². The first-order valence-electron chi connectivity index (χ1n) is 6.46. The van der Waals surface area contributed by atoms with Gasteiger partial charge in [0.05, 0.1) is 0 Å². The van der Waals surface area contributed by atoms with Gasteiger partial charge in [-0.05, 0) is 50.7 Å². The minimum atomic E-state index is -0.432. The Bertz CT molecular complexity index is 448. The summed E-state index contributed by atoms with van der Waals surface area (Å²) in [6, 6.07) is 10.1. The van der Waals surface area contributed by atoms with Crippen molar-refractivity contribution in [3.8, 4) is 0 Å². The molecule has 1 fully saturated rings. The molecular formula is C16H20O2. The molecule has 18 heavy (non-hydrogen) atoms. The van der Waals surface area contributed by atoms with E-state index >= 15 is 0 Å². The van der Waals surface area contributed by atoms with E-state index in [4.69, 9.17) is 4.74 Å². The Morgan fingerprint density at radius 1 is 1.22 bits per heavy atom. The molecule has 1 saturated carbocycles. The number of benzene rings is 1. The SMILES string of the molecule is CC(C)(C)OC(=O)/C=C(/c1ccccc1)C1CC1. The Morgan fingerprint density at radius 3 is 2.33 bits per heavy atom. The highest BCUT2D eigenvalue weighted by Crippen LogP contribution is 2.41. The van der Waals surface area contributed by atoms with Crippen LogP contribution in [-0.4, -0.2) is 11.6 Å². The van der Waals surface area contributed by atoms with Crippen LogP contribution >= 0.6 is 0 Å².